The number of rotatable bonds is 4. The number of pyridine rings is 1. The molecule has 0 atom stereocenters. The molecule has 2 nitrogen and oxygen atoms in total. The Bertz CT molecular complexity index is 1010. The van der Waals surface area contributed by atoms with Gasteiger partial charge in [0.15, 0.2) is 0 Å². The molecule has 0 saturated carbocycles. The minimum Gasteiger partial charge on any atom is -0.549 e. The number of fused-ring (bicyclic) bond motifs is 1. The van der Waals surface area contributed by atoms with E-state index in [9.17, 15) is 0 Å². The van der Waals surface area contributed by atoms with Crippen LogP contribution in [0.4, 0.5) is 0 Å². The monoisotopic (exact) mass is 363 g/mol. The summed E-state index contributed by atoms with van der Waals surface area (Å²) in [5.41, 5.74) is 2.96. The lowest BCUT2D eigenvalue weighted by molar-refractivity contribution is 0.598. The highest BCUT2D eigenvalue weighted by molar-refractivity contribution is 7.23. The molecule has 0 amide bonds. The Hall–Kier alpha value is -2.30. The van der Waals surface area contributed by atoms with Crippen LogP contribution >= 0.6 is 22.9 Å². The minimum absolute atomic E-state index is 0.217. The Morgan fingerprint density at radius 1 is 1.04 bits per heavy atom. The SMILES string of the molecule is Cc1ccc(B(Oc2cccc3cccnc23)c2cccs2)cc1Cl. The molecule has 0 radical (unpaired) electrons. The predicted octanol–water partition coefficient (Wildman–Crippen LogP) is 4.44. The van der Waals surface area contributed by atoms with Crippen molar-refractivity contribution in [1.82, 2.24) is 4.98 Å². The van der Waals surface area contributed by atoms with E-state index in [1.807, 2.05) is 55.5 Å². The van der Waals surface area contributed by atoms with Crippen LogP contribution in [0.25, 0.3) is 10.9 Å². The number of thiophene rings is 1. The number of aryl methyl sites for hydroxylation is 1. The number of nitrogens with zero attached hydrogens (tertiary/aromatic N) is 1. The molecule has 0 bridgehead atoms. The molecular weight excluding hydrogens is 349 g/mol. The van der Waals surface area contributed by atoms with Gasteiger partial charge in [0, 0.05) is 21.4 Å². The molecule has 4 aromatic rings. The van der Waals surface area contributed by atoms with Crippen molar-refractivity contribution in [2.24, 2.45) is 0 Å². The fraction of sp³-hybridized carbons (Fsp3) is 0.0500. The molecule has 5 heteroatoms. The molecule has 4 rings (SSSR count). The Morgan fingerprint density at radius 2 is 1.92 bits per heavy atom. The molecule has 0 N–H and O–H groups in total. The van der Waals surface area contributed by atoms with Crippen LogP contribution in [0.1, 0.15) is 5.56 Å². The molecule has 0 aliphatic rings. The summed E-state index contributed by atoms with van der Waals surface area (Å²) in [7, 11) is 0. The first-order valence-corrected chi connectivity index (χ1v) is 9.28. The van der Waals surface area contributed by atoms with E-state index >= 15 is 0 Å². The second-order valence-corrected chi connectivity index (χ2v) is 7.24. The molecule has 0 saturated heterocycles. The Morgan fingerprint density at radius 3 is 2.72 bits per heavy atom. The summed E-state index contributed by atoms with van der Waals surface area (Å²) in [6, 6.07) is 20.2. The maximum atomic E-state index is 6.44. The van der Waals surface area contributed by atoms with Crippen molar-refractivity contribution < 1.29 is 4.65 Å². The average Bonchev–Trinajstić information content (AvgIpc) is 3.16. The number of halogens is 1. The first-order chi connectivity index (χ1) is 12.2. The van der Waals surface area contributed by atoms with Gasteiger partial charge in [0.25, 0.3) is 0 Å². The van der Waals surface area contributed by atoms with Crippen LogP contribution < -0.4 is 14.9 Å². The molecular formula is C20H15BClNOS. The Labute approximate surface area is 156 Å². The van der Waals surface area contributed by atoms with Crippen LogP contribution in [0.15, 0.2) is 72.2 Å². The van der Waals surface area contributed by atoms with Crippen LogP contribution in [0, 0.1) is 6.92 Å². The van der Waals surface area contributed by atoms with Gasteiger partial charge in [0.1, 0.15) is 11.3 Å². The molecule has 0 fully saturated rings. The number of para-hydroxylation sites is 1. The average molecular weight is 364 g/mol. The van der Waals surface area contributed by atoms with Gasteiger partial charge in [-0.25, -0.2) is 0 Å². The quantitative estimate of drug-likeness (QED) is 0.500. The third-order valence-electron chi connectivity index (χ3n) is 4.14. The lowest BCUT2D eigenvalue weighted by Crippen LogP contribution is -2.46. The molecule has 25 heavy (non-hydrogen) atoms. The zero-order valence-electron chi connectivity index (χ0n) is 13.6. The van der Waals surface area contributed by atoms with Gasteiger partial charge in [-0.1, -0.05) is 54.1 Å². The van der Waals surface area contributed by atoms with Crippen molar-refractivity contribution in [3.63, 3.8) is 0 Å². The van der Waals surface area contributed by atoms with Crippen molar-refractivity contribution in [1.29, 1.82) is 0 Å². The largest absolute Gasteiger partial charge is 0.549 e. The van der Waals surface area contributed by atoms with Crippen LogP contribution in [0.3, 0.4) is 0 Å². The van der Waals surface area contributed by atoms with Gasteiger partial charge in [-0.2, -0.15) is 11.3 Å². The zero-order valence-corrected chi connectivity index (χ0v) is 15.2. The lowest BCUT2D eigenvalue weighted by atomic mass is 9.59. The molecule has 2 aromatic heterocycles. The number of aromatic nitrogens is 1. The van der Waals surface area contributed by atoms with Gasteiger partial charge in [-0.05, 0) is 41.5 Å². The van der Waals surface area contributed by atoms with Gasteiger partial charge in [-0.3, -0.25) is 4.98 Å². The van der Waals surface area contributed by atoms with E-state index < -0.39 is 0 Å². The first-order valence-electron chi connectivity index (χ1n) is 8.02. The van der Waals surface area contributed by atoms with Crippen molar-refractivity contribution in [3.05, 3.63) is 82.8 Å². The standard InChI is InChI=1S/C20H15BClNOS/c1-14-9-10-16(13-17(14)22)21(19-8-4-12-25-19)24-18-7-2-5-15-6-3-11-23-20(15)18/h2-13H,1H3. The Balaban J connectivity index is 1.80. The summed E-state index contributed by atoms with van der Waals surface area (Å²) >= 11 is 8.02. The van der Waals surface area contributed by atoms with E-state index in [0.29, 0.717) is 0 Å². The first kappa shape index (κ1) is 16.2. The smallest absolute Gasteiger partial charge is 0.437 e. The van der Waals surface area contributed by atoms with Crippen molar-refractivity contribution in [3.8, 4) is 5.75 Å². The number of benzene rings is 2. The fourth-order valence-electron chi connectivity index (χ4n) is 2.80. The van der Waals surface area contributed by atoms with E-state index in [1.54, 1.807) is 17.5 Å². The highest BCUT2D eigenvalue weighted by Crippen LogP contribution is 2.24. The van der Waals surface area contributed by atoms with Gasteiger partial charge in [0.05, 0.1) is 0 Å². The summed E-state index contributed by atoms with van der Waals surface area (Å²) in [5.74, 6) is 0.771. The molecule has 2 aromatic carbocycles. The fourth-order valence-corrected chi connectivity index (χ4v) is 3.77. The molecule has 0 spiro atoms. The van der Waals surface area contributed by atoms with Gasteiger partial charge in [0.2, 0.25) is 0 Å². The summed E-state index contributed by atoms with van der Waals surface area (Å²) in [6.45, 7) is 1.78. The van der Waals surface area contributed by atoms with E-state index in [-0.39, 0.29) is 6.92 Å². The highest BCUT2D eigenvalue weighted by atomic mass is 35.5. The number of hydrogen-bond acceptors (Lipinski definition) is 3. The topological polar surface area (TPSA) is 22.1 Å². The molecule has 0 unspecified atom stereocenters. The van der Waals surface area contributed by atoms with E-state index in [2.05, 4.69) is 22.5 Å². The maximum Gasteiger partial charge on any atom is 0.437 e. The van der Waals surface area contributed by atoms with E-state index in [0.717, 1.165) is 37.5 Å². The van der Waals surface area contributed by atoms with Gasteiger partial charge >= 0.3 is 6.92 Å². The summed E-state index contributed by atoms with van der Waals surface area (Å²) in [5, 5.41) is 3.87. The van der Waals surface area contributed by atoms with Crippen molar-refractivity contribution >= 4 is 51.0 Å². The zero-order chi connectivity index (χ0) is 17.2. The summed E-state index contributed by atoms with van der Waals surface area (Å²) in [4.78, 5) is 4.49. The molecule has 122 valence electrons. The maximum absolute atomic E-state index is 6.44. The molecule has 0 aliphatic carbocycles. The third-order valence-corrected chi connectivity index (χ3v) is 5.46. The van der Waals surface area contributed by atoms with Gasteiger partial charge in [-0.15, -0.1) is 0 Å². The lowest BCUT2D eigenvalue weighted by Gasteiger charge is -2.17. The Kier molecular flexibility index (Phi) is 4.47. The van der Waals surface area contributed by atoms with Crippen molar-refractivity contribution in [2.45, 2.75) is 6.92 Å². The predicted molar refractivity (Wildman–Crippen MR) is 108 cm³/mol. The third kappa shape index (κ3) is 3.28. The van der Waals surface area contributed by atoms with Gasteiger partial charge < -0.3 is 4.65 Å². The molecule has 2 heterocycles. The van der Waals surface area contributed by atoms with Crippen LogP contribution in [0.2, 0.25) is 5.02 Å². The van der Waals surface area contributed by atoms with E-state index in [1.165, 1.54) is 0 Å². The summed E-state index contributed by atoms with van der Waals surface area (Å²) in [6.07, 6.45) is 1.79. The highest BCUT2D eigenvalue weighted by Gasteiger charge is 2.26. The summed E-state index contributed by atoms with van der Waals surface area (Å²) < 4.78 is 7.57. The second-order valence-electron chi connectivity index (χ2n) is 5.85. The normalized spacial score (nSPS) is 10.8. The van der Waals surface area contributed by atoms with E-state index in [4.69, 9.17) is 16.3 Å². The van der Waals surface area contributed by atoms with Crippen LogP contribution in [-0.4, -0.2) is 11.9 Å². The molecule has 0 aliphatic heterocycles. The van der Waals surface area contributed by atoms with Crippen LogP contribution in [0.5, 0.6) is 5.75 Å². The number of hydrogen-bond donors (Lipinski definition) is 0. The second kappa shape index (κ2) is 6.91. The van der Waals surface area contributed by atoms with Crippen molar-refractivity contribution in [2.75, 3.05) is 0 Å². The van der Waals surface area contributed by atoms with Crippen LogP contribution in [-0.2, 0) is 0 Å². The minimum atomic E-state index is -0.217.